The molecule has 1 atom stereocenters. The number of halogens is 1. The van der Waals surface area contributed by atoms with Gasteiger partial charge in [0.25, 0.3) is 5.56 Å². The van der Waals surface area contributed by atoms with Crippen LogP contribution in [0.4, 0.5) is 10.1 Å². The van der Waals surface area contributed by atoms with Crippen LogP contribution in [0.1, 0.15) is 38.3 Å². The van der Waals surface area contributed by atoms with Crippen molar-refractivity contribution in [3.8, 4) is 5.75 Å². The SMILES string of the molecule is COc1ccc(CC(=O)N2CCCC(n3ncc(N(C)C(C)C)cc3=O)C2)cc1F. The molecule has 1 amide bonds. The third-order valence-electron chi connectivity index (χ3n) is 5.66. The molecule has 30 heavy (non-hydrogen) atoms. The summed E-state index contributed by atoms with van der Waals surface area (Å²) >= 11 is 0. The lowest BCUT2D eigenvalue weighted by Gasteiger charge is -2.33. The molecule has 1 unspecified atom stereocenters. The maximum Gasteiger partial charge on any atom is 0.269 e. The number of ether oxygens (including phenoxy) is 1. The Labute approximate surface area is 176 Å². The molecular weight excluding hydrogens is 387 g/mol. The van der Waals surface area contributed by atoms with E-state index in [4.69, 9.17) is 4.74 Å². The van der Waals surface area contributed by atoms with Crippen LogP contribution in [0.2, 0.25) is 0 Å². The Hall–Kier alpha value is -2.90. The predicted octanol–water partition coefficient (Wildman–Crippen LogP) is 2.64. The number of carbonyl (C=O) groups excluding carboxylic acids is 1. The summed E-state index contributed by atoms with van der Waals surface area (Å²) in [6.07, 6.45) is 3.37. The number of likely N-dealkylation sites (tertiary alicyclic amines) is 1. The van der Waals surface area contributed by atoms with E-state index in [9.17, 15) is 14.0 Å². The molecule has 0 aliphatic carbocycles. The number of rotatable bonds is 6. The third-order valence-corrected chi connectivity index (χ3v) is 5.66. The molecule has 0 radical (unpaired) electrons. The van der Waals surface area contributed by atoms with E-state index in [0.717, 1.165) is 18.5 Å². The van der Waals surface area contributed by atoms with E-state index >= 15 is 0 Å². The summed E-state index contributed by atoms with van der Waals surface area (Å²) in [5.74, 6) is -0.420. The third kappa shape index (κ3) is 4.80. The summed E-state index contributed by atoms with van der Waals surface area (Å²) in [5, 5.41) is 4.37. The first-order chi connectivity index (χ1) is 14.3. The maximum absolute atomic E-state index is 13.9. The highest BCUT2D eigenvalue weighted by Gasteiger charge is 2.26. The molecule has 3 rings (SSSR count). The van der Waals surface area contributed by atoms with E-state index in [1.54, 1.807) is 23.2 Å². The maximum atomic E-state index is 13.9. The van der Waals surface area contributed by atoms with E-state index in [-0.39, 0.29) is 35.7 Å². The fourth-order valence-corrected chi connectivity index (χ4v) is 3.66. The number of amides is 1. The van der Waals surface area contributed by atoms with Crippen LogP contribution in [0.25, 0.3) is 0 Å². The van der Waals surface area contributed by atoms with Crippen LogP contribution in [-0.2, 0) is 11.2 Å². The second-order valence-electron chi connectivity index (χ2n) is 7.98. The lowest BCUT2D eigenvalue weighted by molar-refractivity contribution is -0.132. The number of hydrogen-bond donors (Lipinski definition) is 0. The smallest absolute Gasteiger partial charge is 0.269 e. The molecular formula is C22H29FN4O3. The minimum Gasteiger partial charge on any atom is -0.494 e. The van der Waals surface area contributed by atoms with Gasteiger partial charge in [0.15, 0.2) is 11.6 Å². The Kier molecular flexibility index (Phi) is 6.74. The van der Waals surface area contributed by atoms with Crippen molar-refractivity contribution in [2.45, 2.75) is 45.2 Å². The number of carbonyl (C=O) groups is 1. The lowest BCUT2D eigenvalue weighted by atomic mass is 10.0. The van der Waals surface area contributed by atoms with Gasteiger partial charge in [-0.05, 0) is 44.4 Å². The molecule has 0 saturated carbocycles. The van der Waals surface area contributed by atoms with Gasteiger partial charge in [0, 0.05) is 32.2 Å². The molecule has 0 spiro atoms. The number of aromatic nitrogens is 2. The normalized spacial score (nSPS) is 16.6. The van der Waals surface area contributed by atoms with Gasteiger partial charge in [-0.25, -0.2) is 9.07 Å². The van der Waals surface area contributed by atoms with Crippen molar-refractivity contribution >= 4 is 11.6 Å². The fraction of sp³-hybridized carbons (Fsp3) is 0.500. The second kappa shape index (κ2) is 9.28. The molecule has 8 heteroatoms. The van der Waals surface area contributed by atoms with E-state index in [2.05, 4.69) is 5.10 Å². The molecule has 2 heterocycles. The topological polar surface area (TPSA) is 67.7 Å². The van der Waals surface area contributed by atoms with Crippen LogP contribution < -0.4 is 15.2 Å². The van der Waals surface area contributed by atoms with Crippen LogP contribution in [-0.4, -0.2) is 53.9 Å². The number of anilines is 1. The predicted molar refractivity (Wildman–Crippen MR) is 114 cm³/mol. The monoisotopic (exact) mass is 416 g/mol. The molecule has 1 aromatic heterocycles. The Bertz CT molecular complexity index is 960. The molecule has 1 aromatic carbocycles. The largest absolute Gasteiger partial charge is 0.494 e. The van der Waals surface area contributed by atoms with E-state index in [1.807, 2.05) is 25.8 Å². The van der Waals surface area contributed by atoms with E-state index in [1.165, 1.54) is 23.9 Å². The molecule has 2 aromatic rings. The number of hydrogen-bond acceptors (Lipinski definition) is 5. The summed E-state index contributed by atoms with van der Waals surface area (Å²) in [5.41, 5.74) is 1.20. The van der Waals surface area contributed by atoms with Crippen molar-refractivity contribution in [1.82, 2.24) is 14.7 Å². The Morgan fingerprint density at radius 1 is 1.37 bits per heavy atom. The Morgan fingerprint density at radius 2 is 2.13 bits per heavy atom. The van der Waals surface area contributed by atoms with Gasteiger partial charge in [-0.3, -0.25) is 9.59 Å². The molecule has 0 N–H and O–H groups in total. The molecule has 162 valence electrons. The Morgan fingerprint density at radius 3 is 2.77 bits per heavy atom. The van der Waals surface area contributed by atoms with Crippen molar-refractivity contribution in [2.75, 3.05) is 32.1 Å². The van der Waals surface area contributed by atoms with Crippen molar-refractivity contribution < 1.29 is 13.9 Å². The van der Waals surface area contributed by atoms with E-state index < -0.39 is 5.82 Å². The first-order valence-corrected chi connectivity index (χ1v) is 10.2. The number of nitrogens with zero attached hydrogens (tertiary/aromatic N) is 4. The summed E-state index contributed by atoms with van der Waals surface area (Å²) in [6, 6.07) is 6.23. The minimum atomic E-state index is -0.485. The van der Waals surface area contributed by atoms with Crippen LogP contribution in [0.3, 0.4) is 0 Å². The summed E-state index contributed by atoms with van der Waals surface area (Å²) in [7, 11) is 3.33. The zero-order chi connectivity index (χ0) is 21.8. The van der Waals surface area contributed by atoms with Gasteiger partial charge in [-0.2, -0.15) is 5.10 Å². The van der Waals surface area contributed by atoms with Gasteiger partial charge in [-0.15, -0.1) is 0 Å². The van der Waals surface area contributed by atoms with Crippen molar-refractivity contribution in [3.05, 3.63) is 52.2 Å². The molecule has 1 saturated heterocycles. The molecule has 1 aliphatic rings. The highest BCUT2D eigenvalue weighted by atomic mass is 19.1. The van der Waals surface area contributed by atoms with E-state index in [0.29, 0.717) is 18.7 Å². The van der Waals surface area contributed by atoms with Crippen LogP contribution in [0.15, 0.2) is 35.3 Å². The zero-order valence-electron chi connectivity index (χ0n) is 18.0. The highest BCUT2D eigenvalue weighted by Crippen LogP contribution is 2.22. The minimum absolute atomic E-state index is 0.0894. The molecule has 1 fully saturated rings. The van der Waals surface area contributed by atoms with Crippen molar-refractivity contribution in [1.29, 1.82) is 0 Å². The average Bonchev–Trinajstić information content (AvgIpc) is 2.73. The molecule has 0 bridgehead atoms. The summed E-state index contributed by atoms with van der Waals surface area (Å²) < 4.78 is 20.3. The van der Waals surface area contributed by atoms with Crippen molar-refractivity contribution in [2.24, 2.45) is 0 Å². The quantitative estimate of drug-likeness (QED) is 0.724. The second-order valence-corrected chi connectivity index (χ2v) is 7.98. The first kappa shape index (κ1) is 21.8. The summed E-state index contributed by atoms with van der Waals surface area (Å²) in [6.45, 7) is 5.14. The van der Waals surface area contributed by atoms with Crippen LogP contribution in [0.5, 0.6) is 5.75 Å². The van der Waals surface area contributed by atoms with Crippen LogP contribution >= 0.6 is 0 Å². The van der Waals surface area contributed by atoms with Crippen LogP contribution in [0, 0.1) is 5.82 Å². The lowest BCUT2D eigenvalue weighted by Crippen LogP contribution is -2.44. The highest BCUT2D eigenvalue weighted by molar-refractivity contribution is 5.79. The summed E-state index contributed by atoms with van der Waals surface area (Å²) in [4.78, 5) is 29.1. The zero-order valence-corrected chi connectivity index (χ0v) is 18.0. The number of methoxy groups -OCH3 is 1. The van der Waals surface area contributed by atoms with Gasteiger partial charge in [0.2, 0.25) is 5.91 Å². The Balaban J connectivity index is 1.70. The first-order valence-electron chi connectivity index (χ1n) is 10.2. The number of benzene rings is 1. The van der Waals surface area contributed by atoms with Crippen molar-refractivity contribution in [3.63, 3.8) is 0 Å². The van der Waals surface area contributed by atoms with Gasteiger partial charge >= 0.3 is 0 Å². The standard InChI is InChI=1S/C22H29FN4O3/c1-15(2)25(3)18-12-22(29)27(24-13-18)17-6-5-9-26(14-17)21(28)11-16-7-8-20(30-4)19(23)10-16/h7-8,10,12-13,15,17H,5-6,9,11,14H2,1-4H3. The molecule has 7 nitrogen and oxygen atoms in total. The van der Waals surface area contributed by atoms with Gasteiger partial charge in [-0.1, -0.05) is 6.07 Å². The van der Waals surface area contributed by atoms with Gasteiger partial charge < -0.3 is 14.5 Å². The van der Waals surface area contributed by atoms with Gasteiger partial charge in [0.05, 0.1) is 31.5 Å². The average molecular weight is 416 g/mol. The molecule has 1 aliphatic heterocycles. The fourth-order valence-electron chi connectivity index (χ4n) is 3.66. The number of piperidine rings is 1. The van der Waals surface area contributed by atoms with Gasteiger partial charge in [0.1, 0.15) is 0 Å².